The number of dihydropyridines is 1. The molecule has 6 nitrogen and oxygen atoms in total. The molecule has 0 bridgehead atoms. The third-order valence-electron chi connectivity index (χ3n) is 3.66. The van der Waals surface area contributed by atoms with Gasteiger partial charge in [-0.25, -0.2) is 16.8 Å². The monoisotopic (exact) mass is 371 g/mol. The summed E-state index contributed by atoms with van der Waals surface area (Å²) < 4.78 is 52.7. The van der Waals surface area contributed by atoms with Crippen LogP contribution in [0, 0.1) is 0 Å². The van der Waals surface area contributed by atoms with Crippen LogP contribution < -0.4 is 10.1 Å². The summed E-state index contributed by atoms with van der Waals surface area (Å²) in [6.07, 6.45) is 3.95. The first-order valence-electron chi connectivity index (χ1n) is 7.21. The third-order valence-corrected chi connectivity index (χ3v) is 5.85. The Kier molecular flexibility index (Phi) is 5.10. The van der Waals surface area contributed by atoms with Crippen LogP contribution in [-0.2, 0) is 19.7 Å². The number of hydrogen-bond acceptors (Lipinski definition) is 6. The van der Waals surface area contributed by atoms with E-state index in [0.29, 0.717) is 17.1 Å². The number of methoxy groups -OCH3 is 1. The first-order valence-corrected chi connectivity index (χ1v) is 11.2. The van der Waals surface area contributed by atoms with Gasteiger partial charge in [-0.15, -0.1) is 0 Å². The molecule has 132 valence electrons. The molecule has 0 saturated heterocycles. The highest BCUT2D eigenvalue weighted by Gasteiger charge is 2.30. The number of ether oxygens (including phenoxy) is 1. The largest absolute Gasteiger partial charge is 0.497 e. The van der Waals surface area contributed by atoms with Crippen molar-refractivity contribution >= 4 is 19.7 Å². The van der Waals surface area contributed by atoms with Gasteiger partial charge in [0.05, 0.1) is 17.8 Å². The highest BCUT2D eigenvalue weighted by Crippen LogP contribution is 2.35. The van der Waals surface area contributed by atoms with Crippen molar-refractivity contribution in [3.63, 3.8) is 0 Å². The molecular formula is C16H21NO5S2. The van der Waals surface area contributed by atoms with Crippen molar-refractivity contribution in [1.29, 1.82) is 0 Å². The van der Waals surface area contributed by atoms with E-state index in [1.165, 1.54) is 0 Å². The van der Waals surface area contributed by atoms with Gasteiger partial charge in [0.25, 0.3) is 0 Å². The van der Waals surface area contributed by atoms with Gasteiger partial charge in [-0.2, -0.15) is 0 Å². The molecule has 1 atom stereocenters. The molecule has 1 aliphatic heterocycles. The zero-order valence-corrected chi connectivity index (χ0v) is 15.7. The summed E-state index contributed by atoms with van der Waals surface area (Å²) in [5, 5.41) is 2.91. The average Bonchev–Trinajstić information content (AvgIpc) is 2.43. The minimum atomic E-state index is -3.46. The summed E-state index contributed by atoms with van der Waals surface area (Å²) in [5.74, 6) is -0.0489. The van der Waals surface area contributed by atoms with Crippen molar-refractivity contribution in [3.05, 3.63) is 52.2 Å². The molecule has 8 heteroatoms. The smallest absolute Gasteiger partial charge is 0.174 e. The first kappa shape index (κ1) is 18.5. The summed E-state index contributed by atoms with van der Waals surface area (Å²) in [5.41, 5.74) is 1.67. The number of rotatable bonds is 5. The van der Waals surface area contributed by atoms with Crippen LogP contribution >= 0.6 is 0 Å². The summed E-state index contributed by atoms with van der Waals surface area (Å²) >= 11 is 0. The minimum absolute atomic E-state index is 0.173. The van der Waals surface area contributed by atoms with E-state index in [9.17, 15) is 16.8 Å². The van der Waals surface area contributed by atoms with Crippen molar-refractivity contribution in [1.82, 2.24) is 5.32 Å². The number of hydrogen-bond donors (Lipinski definition) is 1. The number of nitrogens with one attached hydrogen (secondary N) is 1. The zero-order chi connectivity index (χ0) is 18.1. The van der Waals surface area contributed by atoms with E-state index < -0.39 is 25.6 Å². The lowest BCUT2D eigenvalue weighted by Gasteiger charge is -2.27. The predicted octanol–water partition coefficient (Wildman–Crippen LogP) is 1.59. The molecule has 24 heavy (non-hydrogen) atoms. The van der Waals surface area contributed by atoms with Gasteiger partial charge in [0, 0.05) is 29.8 Å². The lowest BCUT2D eigenvalue weighted by Crippen LogP contribution is -2.28. The Morgan fingerprint density at radius 3 is 2.12 bits per heavy atom. The maximum Gasteiger partial charge on any atom is 0.174 e. The molecule has 0 aromatic heterocycles. The quantitative estimate of drug-likeness (QED) is 0.845. The Labute approximate surface area is 143 Å². The number of benzene rings is 1. The molecule has 1 aromatic carbocycles. The van der Waals surface area contributed by atoms with Crippen LogP contribution in [0.15, 0.2) is 46.6 Å². The van der Waals surface area contributed by atoms with E-state index in [1.54, 1.807) is 44.4 Å². The van der Waals surface area contributed by atoms with Crippen molar-refractivity contribution in [3.8, 4) is 5.75 Å². The second-order valence-electron chi connectivity index (χ2n) is 5.90. The fourth-order valence-corrected chi connectivity index (χ4v) is 4.79. The molecule has 0 saturated carbocycles. The van der Waals surface area contributed by atoms with Gasteiger partial charge in [-0.3, -0.25) is 0 Å². The van der Waals surface area contributed by atoms with Crippen LogP contribution in [0.4, 0.5) is 0 Å². The molecule has 1 aliphatic rings. The van der Waals surface area contributed by atoms with Crippen LogP contribution in [0.1, 0.15) is 18.4 Å². The maximum absolute atomic E-state index is 12.2. The molecule has 1 aromatic rings. The Balaban J connectivity index is 2.55. The van der Waals surface area contributed by atoms with Gasteiger partial charge in [0.1, 0.15) is 5.75 Å². The topological polar surface area (TPSA) is 89.5 Å². The van der Waals surface area contributed by atoms with E-state index >= 15 is 0 Å². The second-order valence-corrected chi connectivity index (χ2v) is 10.0. The second kappa shape index (κ2) is 6.60. The molecule has 0 aliphatic carbocycles. The summed E-state index contributed by atoms with van der Waals surface area (Å²) in [6.45, 7) is 1.64. The normalized spacial score (nSPS) is 18.8. The van der Waals surface area contributed by atoms with Gasteiger partial charge in [0.15, 0.2) is 19.7 Å². The van der Waals surface area contributed by atoms with E-state index in [0.717, 1.165) is 18.1 Å². The van der Waals surface area contributed by atoms with Gasteiger partial charge >= 0.3 is 0 Å². The molecule has 0 fully saturated rings. The van der Waals surface area contributed by atoms with Crippen molar-refractivity contribution in [2.24, 2.45) is 0 Å². The van der Waals surface area contributed by atoms with Crippen LogP contribution in [0.25, 0.3) is 0 Å². The van der Waals surface area contributed by atoms with Crippen molar-refractivity contribution in [2.75, 3.05) is 25.4 Å². The Hall–Kier alpha value is -1.80. The molecule has 1 unspecified atom stereocenters. The van der Waals surface area contributed by atoms with Crippen LogP contribution in [0.3, 0.4) is 0 Å². The average molecular weight is 371 g/mol. The molecule has 0 spiro atoms. The fourth-order valence-electron chi connectivity index (χ4n) is 2.79. The van der Waals surface area contributed by atoms with Gasteiger partial charge in [0.2, 0.25) is 0 Å². The summed E-state index contributed by atoms with van der Waals surface area (Å²) in [7, 11) is -5.15. The third kappa shape index (κ3) is 4.39. The van der Waals surface area contributed by atoms with Crippen molar-refractivity contribution in [2.45, 2.75) is 12.8 Å². The van der Waals surface area contributed by atoms with E-state index in [-0.39, 0.29) is 10.7 Å². The molecule has 1 heterocycles. The molecule has 1 N–H and O–H groups in total. The van der Waals surface area contributed by atoms with Crippen LogP contribution in [0.2, 0.25) is 0 Å². The molecular weight excluding hydrogens is 350 g/mol. The first-order chi connectivity index (χ1) is 11.0. The van der Waals surface area contributed by atoms with Gasteiger partial charge in [-0.05, 0) is 24.6 Å². The highest BCUT2D eigenvalue weighted by atomic mass is 32.2. The lowest BCUT2D eigenvalue weighted by molar-refractivity contribution is 0.414. The Bertz CT molecular complexity index is 894. The van der Waals surface area contributed by atoms with Gasteiger partial charge in [-0.1, -0.05) is 18.2 Å². The maximum atomic E-state index is 12.2. The minimum Gasteiger partial charge on any atom is -0.497 e. The molecule has 0 amide bonds. The highest BCUT2D eigenvalue weighted by molar-refractivity contribution is 7.94. The molecule has 0 radical (unpaired) electrons. The molecule has 2 rings (SSSR count). The summed E-state index contributed by atoms with van der Waals surface area (Å²) in [4.78, 5) is 0.241. The van der Waals surface area contributed by atoms with Crippen LogP contribution in [0.5, 0.6) is 5.75 Å². The number of allylic oxidation sites excluding steroid dienone is 3. The van der Waals surface area contributed by atoms with E-state index in [1.807, 2.05) is 0 Å². The SMILES string of the molecule is COc1ccc(C2C=C(CS(C)(=O)=O)NC(C)=C2S(C)(=O)=O)cc1. The Morgan fingerprint density at radius 2 is 1.67 bits per heavy atom. The summed E-state index contributed by atoms with van der Waals surface area (Å²) in [6, 6.07) is 7.05. The number of sulfone groups is 2. The van der Waals surface area contributed by atoms with E-state index in [4.69, 9.17) is 4.74 Å². The lowest BCUT2D eigenvalue weighted by atomic mass is 9.94. The fraction of sp³-hybridized carbons (Fsp3) is 0.375. The van der Waals surface area contributed by atoms with E-state index in [2.05, 4.69) is 5.32 Å². The van der Waals surface area contributed by atoms with Crippen molar-refractivity contribution < 1.29 is 21.6 Å². The zero-order valence-electron chi connectivity index (χ0n) is 14.0. The van der Waals surface area contributed by atoms with Gasteiger partial charge < -0.3 is 10.1 Å². The van der Waals surface area contributed by atoms with Crippen LogP contribution in [-0.4, -0.2) is 42.2 Å². The Morgan fingerprint density at radius 1 is 1.08 bits per heavy atom. The predicted molar refractivity (Wildman–Crippen MR) is 94.2 cm³/mol. The standard InChI is InChI=1S/C16H21NO5S2/c1-11-16(24(4,20)21)15(9-13(17-11)10-23(3,18)19)12-5-7-14(22-2)8-6-12/h5-9,15,17H,10H2,1-4H3.